The Morgan fingerprint density at radius 1 is 1.24 bits per heavy atom. The Balaban J connectivity index is 2.23. The van der Waals surface area contributed by atoms with Crippen molar-refractivity contribution in [3.05, 3.63) is 35.4 Å². The lowest BCUT2D eigenvalue weighted by Crippen LogP contribution is -2.51. The fourth-order valence-corrected chi connectivity index (χ4v) is 4.17. The topological polar surface area (TPSA) is 72.5 Å². The zero-order valence-corrected chi connectivity index (χ0v) is 13.3. The second kappa shape index (κ2) is 6.15. The van der Waals surface area contributed by atoms with Crippen LogP contribution in [0.4, 0.5) is 0 Å². The van der Waals surface area contributed by atoms with Crippen LogP contribution in [0.2, 0.25) is 0 Å². The first-order valence-electron chi connectivity index (χ1n) is 6.96. The number of rotatable bonds is 3. The third-order valence-corrected chi connectivity index (χ3v) is 5.42. The third-order valence-electron chi connectivity index (χ3n) is 3.73. The molecule has 5 nitrogen and oxygen atoms in total. The van der Waals surface area contributed by atoms with Crippen molar-refractivity contribution in [1.82, 2.24) is 5.32 Å². The van der Waals surface area contributed by atoms with E-state index in [1.807, 2.05) is 24.3 Å². The van der Waals surface area contributed by atoms with Gasteiger partial charge in [0.1, 0.15) is 6.04 Å². The zero-order chi connectivity index (χ0) is 15.6. The van der Waals surface area contributed by atoms with Crippen molar-refractivity contribution in [1.29, 1.82) is 0 Å². The highest BCUT2D eigenvalue weighted by Gasteiger charge is 2.36. The molecule has 1 aliphatic rings. The van der Waals surface area contributed by atoms with E-state index < -0.39 is 21.8 Å². The zero-order valence-electron chi connectivity index (χ0n) is 12.5. The molecule has 1 aromatic carbocycles. The van der Waals surface area contributed by atoms with Gasteiger partial charge in [0.2, 0.25) is 0 Å². The van der Waals surface area contributed by atoms with E-state index in [9.17, 15) is 13.2 Å². The van der Waals surface area contributed by atoms with Crippen molar-refractivity contribution in [2.45, 2.75) is 31.8 Å². The standard InChI is InChI=1S/C15H21NO4S/c1-10(2)11-4-6-12(7-5-11)13-8-21(18,19)9-14(16-13)15(17)20-3/h4-7,10,13-14,16H,8-9H2,1-3H3. The van der Waals surface area contributed by atoms with Crippen LogP contribution < -0.4 is 5.32 Å². The van der Waals surface area contributed by atoms with Crippen LogP contribution >= 0.6 is 0 Å². The number of nitrogens with one attached hydrogen (secondary N) is 1. The van der Waals surface area contributed by atoms with Gasteiger partial charge in [-0.1, -0.05) is 38.1 Å². The third kappa shape index (κ3) is 3.83. The molecule has 6 heteroatoms. The number of carbonyl (C=O) groups is 1. The Labute approximate surface area is 125 Å². The van der Waals surface area contributed by atoms with Crippen molar-refractivity contribution in [2.24, 2.45) is 0 Å². The van der Waals surface area contributed by atoms with Gasteiger partial charge in [-0.25, -0.2) is 8.42 Å². The van der Waals surface area contributed by atoms with Gasteiger partial charge in [-0.3, -0.25) is 10.1 Å². The predicted octanol–water partition coefficient (Wildman–Crippen LogP) is 1.41. The number of benzene rings is 1. The molecule has 0 saturated carbocycles. The van der Waals surface area contributed by atoms with E-state index in [2.05, 4.69) is 23.9 Å². The summed E-state index contributed by atoms with van der Waals surface area (Å²) in [6.45, 7) is 4.21. The first kappa shape index (κ1) is 16.0. The lowest BCUT2D eigenvalue weighted by molar-refractivity contribution is -0.142. The number of carbonyl (C=O) groups excluding carboxylic acids is 1. The molecule has 1 heterocycles. The van der Waals surface area contributed by atoms with Crippen LogP contribution in [-0.2, 0) is 19.4 Å². The van der Waals surface area contributed by atoms with Gasteiger partial charge in [0.05, 0.1) is 18.6 Å². The molecule has 2 unspecified atom stereocenters. The van der Waals surface area contributed by atoms with Crippen LogP contribution in [0.5, 0.6) is 0 Å². The molecule has 1 N–H and O–H groups in total. The van der Waals surface area contributed by atoms with Gasteiger partial charge < -0.3 is 4.74 Å². The average molecular weight is 311 g/mol. The minimum atomic E-state index is -3.27. The number of sulfone groups is 1. The molecule has 1 fully saturated rings. The first-order chi connectivity index (χ1) is 9.82. The van der Waals surface area contributed by atoms with Crippen LogP contribution in [0.15, 0.2) is 24.3 Å². The van der Waals surface area contributed by atoms with Crippen LogP contribution in [0.1, 0.15) is 36.9 Å². The summed E-state index contributed by atoms with van der Waals surface area (Å²) in [5.74, 6) is -0.325. The molecule has 21 heavy (non-hydrogen) atoms. The highest BCUT2D eigenvalue weighted by Crippen LogP contribution is 2.23. The lowest BCUT2D eigenvalue weighted by atomic mass is 9.99. The van der Waals surface area contributed by atoms with Crippen LogP contribution in [0, 0.1) is 0 Å². The van der Waals surface area contributed by atoms with Gasteiger partial charge in [-0.05, 0) is 17.0 Å². The fraction of sp³-hybridized carbons (Fsp3) is 0.533. The van der Waals surface area contributed by atoms with Gasteiger partial charge in [0, 0.05) is 6.04 Å². The quantitative estimate of drug-likeness (QED) is 0.855. The minimum absolute atomic E-state index is 0.00151. The second-order valence-electron chi connectivity index (χ2n) is 5.69. The summed E-state index contributed by atoms with van der Waals surface area (Å²) >= 11 is 0. The van der Waals surface area contributed by atoms with E-state index >= 15 is 0 Å². The molecule has 0 aliphatic carbocycles. The molecule has 0 radical (unpaired) electrons. The van der Waals surface area contributed by atoms with Crippen molar-refractivity contribution in [2.75, 3.05) is 18.6 Å². The fourth-order valence-electron chi connectivity index (χ4n) is 2.50. The predicted molar refractivity (Wildman–Crippen MR) is 80.9 cm³/mol. The molecule has 2 rings (SSSR count). The summed E-state index contributed by atoms with van der Waals surface area (Å²) < 4.78 is 28.6. The van der Waals surface area contributed by atoms with Crippen molar-refractivity contribution in [3.8, 4) is 0 Å². The van der Waals surface area contributed by atoms with E-state index in [0.717, 1.165) is 5.56 Å². The summed E-state index contributed by atoms with van der Waals surface area (Å²) in [6, 6.07) is 6.65. The molecule has 0 amide bonds. The van der Waals surface area contributed by atoms with Gasteiger partial charge in [-0.2, -0.15) is 0 Å². The smallest absolute Gasteiger partial charge is 0.323 e. The molecule has 0 bridgehead atoms. The molecule has 2 atom stereocenters. The molecule has 1 aromatic rings. The molecular formula is C15H21NO4S. The summed E-state index contributed by atoms with van der Waals surface area (Å²) in [7, 11) is -2.01. The summed E-state index contributed by atoms with van der Waals surface area (Å²) in [5, 5.41) is 3.07. The van der Waals surface area contributed by atoms with Crippen molar-refractivity contribution < 1.29 is 17.9 Å². The Morgan fingerprint density at radius 2 is 1.86 bits per heavy atom. The maximum atomic E-state index is 12.0. The van der Waals surface area contributed by atoms with E-state index in [0.29, 0.717) is 5.92 Å². The molecule has 0 aromatic heterocycles. The summed E-state index contributed by atoms with van der Waals surface area (Å²) in [6.07, 6.45) is 0. The Bertz CT molecular complexity index is 607. The lowest BCUT2D eigenvalue weighted by Gasteiger charge is -2.29. The molecule has 0 spiro atoms. The summed E-state index contributed by atoms with van der Waals surface area (Å²) in [5.41, 5.74) is 2.07. The number of methoxy groups -OCH3 is 1. The number of hydrogen-bond acceptors (Lipinski definition) is 5. The number of esters is 1. The Kier molecular flexibility index (Phi) is 4.68. The van der Waals surface area contributed by atoms with E-state index in [-0.39, 0.29) is 17.5 Å². The average Bonchev–Trinajstić information content (AvgIpc) is 2.44. The summed E-state index contributed by atoms with van der Waals surface area (Å²) in [4.78, 5) is 11.6. The number of hydrogen-bond donors (Lipinski definition) is 1. The van der Waals surface area contributed by atoms with E-state index in [4.69, 9.17) is 0 Å². The molecule has 1 saturated heterocycles. The maximum absolute atomic E-state index is 12.0. The van der Waals surface area contributed by atoms with Crippen LogP contribution in [-0.4, -0.2) is 39.0 Å². The highest BCUT2D eigenvalue weighted by atomic mass is 32.2. The van der Waals surface area contributed by atoms with Crippen molar-refractivity contribution >= 4 is 15.8 Å². The van der Waals surface area contributed by atoms with Gasteiger partial charge >= 0.3 is 5.97 Å². The molecule has 1 aliphatic heterocycles. The van der Waals surface area contributed by atoms with Crippen LogP contribution in [0.25, 0.3) is 0 Å². The molecule has 116 valence electrons. The SMILES string of the molecule is COC(=O)C1CS(=O)(=O)CC(c2ccc(C(C)C)cc2)N1. The minimum Gasteiger partial charge on any atom is -0.468 e. The van der Waals surface area contributed by atoms with Gasteiger partial charge in [0.25, 0.3) is 0 Å². The second-order valence-corrected chi connectivity index (χ2v) is 7.85. The number of ether oxygens (including phenoxy) is 1. The Morgan fingerprint density at radius 3 is 2.38 bits per heavy atom. The normalized spacial score (nSPS) is 24.8. The van der Waals surface area contributed by atoms with E-state index in [1.165, 1.54) is 12.7 Å². The largest absolute Gasteiger partial charge is 0.468 e. The Hall–Kier alpha value is -1.40. The van der Waals surface area contributed by atoms with Crippen molar-refractivity contribution in [3.63, 3.8) is 0 Å². The maximum Gasteiger partial charge on any atom is 0.323 e. The first-order valence-corrected chi connectivity index (χ1v) is 8.78. The van der Waals surface area contributed by atoms with Gasteiger partial charge in [0.15, 0.2) is 9.84 Å². The highest BCUT2D eigenvalue weighted by molar-refractivity contribution is 7.91. The van der Waals surface area contributed by atoms with E-state index in [1.54, 1.807) is 0 Å². The van der Waals surface area contributed by atoms with Crippen LogP contribution in [0.3, 0.4) is 0 Å². The monoisotopic (exact) mass is 311 g/mol. The molecular weight excluding hydrogens is 290 g/mol. The van der Waals surface area contributed by atoms with Gasteiger partial charge in [-0.15, -0.1) is 0 Å².